The van der Waals surface area contributed by atoms with Crippen molar-refractivity contribution in [3.05, 3.63) is 29.8 Å². The summed E-state index contributed by atoms with van der Waals surface area (Å²) in [5, 5.41) is 2.89. The molecule has 0 atom stereocenters. The van der Waals surface area contributed by atoms with Crippen LogP contribution in [0.25, 0.3) is 0 Å². The van der Waals surface area contributed by atoms with E-state index in [2.05, 4.69) is 18.3 Å². The smallest absolute Gasteiger partial charge is 0.258 e. The van der Waals surface area contributed by atoms with Crippen molar-refractivity contribution in [2.75, 3.05) is 6.61 Å². The maximum Gasteiger partial charge on any atom is 0.258 e. The van der Waals surface area contributed by atoms with E-state index in [0.717, 1.165) is 25.0 Å². The number of hydrogen-bond donors (Lipinski definition) is 1. The van der Waals surface area contributed by atoms with Crippen molar-refractivity contribution in [1.82, 2.24) is 5.32 Å². The van der Waals surface area contributed by atoms with Crippen molar-refractivity contribution < 1.29 is 9.53 Å². The molecule has 0 saturated heterocycles. The molecule has 3 heteroatoms. The summed E-state index contributed by atoms with van der Waals surface area (Å²) in [7, 11) is 0. The molecule has 1 saturated carbocycles. The number of benzene rings is 1. The molecule has 0 heterocycles. The summed E-state index contributed by atoms with van der Waals surface area (Å²) in [6.45, 7) is 2.21. The summed E-state index contributed by atoms with van der Waals surface area (Å²) < 4.78 is 5.43. The predicted molar refractivity (Wildman–Crippen MR) is 62.5 cm³/mol. The summed E-state index contributed by atoms with van der Waals surface area (Å²) in [5.74, 6) is 0.745. The zero-order valence-corrected chi connectivity index (χ0v) is 9.53. The zero-order chi connectivity index (χ0) is 11.4. The van der Waals surface area contributed by atoms with Crippen LogP contribution in [-0.4, -0.2) is 18.6 Å². The maximum atomic E-state index is 11.4. The van der Waals surface area contributed by atoms with Gasteiger partial charge in [-0.2, -0.15) is 0 Å². The van der Waals surface area contributed by atoms with Gasteiger partial charge in [0.25, 0.3) is 5.91 Å². The summed E-state index contributed by atoms with van der Waals surface area (Å²) >= 11 is 0. The van der Waals surface area contributed by atoms with E-state index in [-0.39, 0.29) is 12.5 Å². The summed E-state index contributed by atoms with van der Waals surface area (Å²) in [4.78, 5) is 11.4. The van der Waals surface area contributed by atoms with Crippen molar-refractivity contribution >= 4 is 5.91 Å². The van der Waals surface area contributed by atoms with Gasteiger partial charge in [0.15, 0.2) is 6.61 Å². The van der Waals surface area contributed by atoms with Crippen LogP contribution in [0.2, 0.25) is 0 Å². The molecule has 0 bridgehead atoms. The molecule has 1 aromatic carbocycles. The predicted octanol–water partition coefficient (Wildman–Crippen LogP) is 1.91. The van der Waals surface area contributed by atoms with Gasteiger partial charge in [-0.25, -0.2) is 0 Å². The van der Waals surface area contributed by atoms with E-state index in [4.69, 9.17) is 4.74 Å². The summed E-state index contributed by atoms with van der Waals surface area (Å²) in [6, 6.07) is 8.26. The molecular formula is C13H17NO2. The Hall–Kier alpha value is -1.51. The third-order valence-corrected chi connectivity index (χ3v) is 2.62. The zero-order valence-electron chi connectivity index (χ0n) is 9.53. The summed E-state index contributed by atoms with van der Waals surface area (Å²) in [5.41, 5.74) is 1.22. The normalized spacial score (nSPS) is 14.6. The van der Waals surface area contributed by atoms with Gasteiger partial charge in [-0.3, -0.25) is 4.79 Å². The minimum absolute atomic E-state index is 0.0237. The molecule has 0 aliphatic heterocycles. The second-order valence-electron chi connectivity index (χ2n) is 4.13. The Morgan fingerprint density at radius 2 is 2.31 bits per heavy atom. The molecule has 1 N–H and O–H groups in total. The Morgan fingerprint density at radius 1 is 1.50 bits per heavy atom. The number of carbonyl (C=O) groups excluding carboxylic acids is 1. The Balaban J connectivity index is 1.80. The van der Waals surface area contributed by atoms with Crippen molar-refractivity contribution in [2.24, 2.45) is 0 Å². The van der Waals surface area contributed by atoms with Gasteiger partial charge in [-0.1, -0.05) is 19.1 Å². The SMILES string of the molecule is CCc1cccc(OCC(=O)NC2CC2)c1. The van der Waals surface area contributed by atoms with E-state index < -0.39 is 0 Å². The molecule has 1 fully saturated rings. The van der Waals surface area contributed by atoms with Gasteiger partial charge in [0, 0.05) is 6.04 Å². The van der Waals surface area contributed by atoms with Crippen LogP contribution in [0.15, 0.2) is 24.3 Å². The molecule has 1 aliphatic rings. The van der Waals surface area contributed by atoms with Gasteiger partial charge in [-0.05, 0) is 37.0 Å². The van der Waals surface area contributed by atoms with Crippen LogP contribution in [0.3, 0.4) is 0 Å². The molecule has 2 rings (SSSR count). The average molecular weight is 219 g/mol. The molecule has 1 aliphatic carbocycles. The highest BCUT2D eigenvalue weighted by Gasteiger charge is 2.23. The molecule has 1 amide bonds. The van der Waals surface area contributed by atoms with Crippen LogP contribution in [0.5, 0.6) is 5.75 Å². The van der Waals surface area contributed by atoms with Gasteiger partial charge in [-0.15, -0.1) is 0 Å². The van der Waals surface area contributed by atoms with Crippen molar-refractivity contribution in [3.63, 3.8) is 0 Å². The van der Waals surface area contributed by atoms with Crippen LogP contribution < -0.4 is 10.1 Å². The molecule has 0 radical (unpaired) electrons. The van der Waals surface area contributed by atoms with Crippen LogP contribution in [0, 0.1) is 0 Å². The molecule has 16 heavy (non-hydrogen) atoms. The number of rotatable bonds is 5. The van der Waals surface area contributed by atoms with Gasteiger partial charge >= 0.3 is 0 Å². The van der Waals surface area contributed by atoms with E-state index in [0.29, 0.717) is 6.04 Å². The largest absolute Gasteiger partial charge is 0.484 e. The molecule has 0 unspecified atom stereocenters. The first kappa shape index (κ1) is 11.0. The molecule has 1 aromatic rings. The third kappa shape index (κ3) is 3.26. The molecule has 0 aromatic heterocycles. The lowest BCUT2D eigenvalue weighted by Gasteiger charge is -2.07. The standard InChI is InChI=1S/C13H17NO2/c1-2-10-4-3-5-12(8-10)16-9-13(15)14-11-6-7-11/h3-5,8,11H,2,6-7,9H2,1H3,(H,14,15). The minimum atomic E-state index is -0.0237. The fraction of sp³-hybridized carbons (Fsp3) is 0.462. The van der Waals surface area contributed by atoms with Crippen LogP contribution in [-0.2, 0) is 11.2 Å². The van der Waals surface area contributed by atoms with Crippen molar-refractivity contribution in [3.8, 4) is 5.75 Å². The lowest BCUT2D eigenvalue weighted by atomic mass is 10.2. The first-order valence-electron chi connectivity index (χ1n) is 5.79. The minimum Gasteiger partial charge on any atom is -0.484 e. The number of amides is 1. The number of carbonyl (C=O) groups is 1. The first-order valence-corrected chi connectivity index (χ1v) is 5.79. The van der Waals surface area contributed by atoms with E-state index in [1.807, 2.05) is 18.2 Å². The number of aryl methyl sites for hydroxylation is 1. The lowest BCUT2D eigenvalue weighted by Crippen LogP contribution is -2.30. The number of hydrogen-bond acceptors (Lipinski definition) is 2. The molecule has 0 spiro atoms. The van der Waals surface area contributed by atoms with Crippen LogP contribution >= 0.6 is 0 Å². The second-order valence-corrected chi connectivity index (χ2v) is 4.13. The third-order valence-electron chi connectivity index (χ3n) is 2.62. The highest BCUT2D eigenvalue weighted by atomic mass is 16.5. The first-order chi connectivity index (χ1) is 7.78. The van der Waals surface area contributed by atoms with E-state index in [1.54, 1.807) is 0 Å². The molecule has 86 valence electrons. The highest BCUT2D eigenvalue weighted by Crippen LogP contribution is 2.18. The van der Waals surface area contributed by atoms with E-state index >= 15 is 0 Å². The Kier molecular flexibility index (Phi) is 3.44. The van der Waals surface area contributed by atoms with Crippen LogP contribution in [0.1, 0.15) is 25.3 Å². The maximum absolute atomic E-state index is 11.4. The monoisotopic (exact) mass is 219 g/mol. The van der Waals surface area contributed by atoms with Gasteiger partial charge < -0.3 is 10.1 Å². The van der Waals surface area contributed by atoms with Crippen molar-refractivity contribution in [2.45, 2.75) is 32.2 Å². The van der Waals surface area contributed by atoms with E-state index in [9.17, 15) is 4.79 Å². The second kappa shape index (κ2) is 5.01. The molecular weight excluding hydrogens is 202 g/mol. The fourth-order valence-electron chi connectivity index (χ4n) is 1.50. The molecule has 3 nitrogen and oxygen atoms in total. The van der Waals surface area contributed by atoms with Gasteiger partial charge in [0.1, 0.15) is 5.75 Å². The number of ether oxygens (including phenoxy) is 1. The highest BCUT2D eigenvalue weighted by molar-refractivity contribution is 5.78. The quantitative estimate of drug-likeness (QED) is 0.821. The Labute approximate surface area is 95.8 Å². The summed E-state index contributed by atoms with van der Waals surface area (Å²) in [6.07, 6.45) is 3.19. The average Bonchev–Trinajstić information content (AvgIpc) is 3.10. The van der Waals surface area contributed by atoms with Crippen molar-refractivity contribution in [1.29, 1.82) is 0 Å². The topological polar surface area (TPSA) is 38.3 Å². The van der Waals surface area contributed by atoms with Crippen LogP contribution in [0.4, 0.5) is 0 Å². The Bertz CT molecular complexity index is 372. The lowest BCUT2D eigenvalue weighted by molar-refractivity contribution is -0.123. The number of nitrogens with one attached hydrogen (secondary N) is 1. The fourth-order valence-corrected chi connectivity index (χ4v) is 1.50. The Morgan fingerprint density at radius 3 is 3.00 bits per heavy atom. The van der Waals surface area contributed by atoms with E-state index in [1.165, 1.54) is 5.56 Å². The van der Waals surface area contributed by atoms with Gasteiger partial charge in [0.2, 0.25) is 0 Å². The van der Waals surface area contributed by atoms with Gasteiger partial charge in [0.05, 0.1) is 0 Å².